The number of thiazole rings is 1. The number of nitrogens with one attached hydrogen (secondary N) is 1. The van der Waals surface area contributed by atoms with Crippen molar-refractivity contribution in [1.29, 1.82) is 0 Å². The van der Waals surface area contributed by atoms with Crippen molar-refractivity contribution in [3.8, 4) is 10.6 Å². The molecular formula is C15H15FN4OS. The highest BCUT2D eigenvalue weighted by Crippen LogP contribution is 2.30. The first-order valence-corrected chi connectivity index (χ1v) is 8.16. The Labute approximate surface area is 131 Å². The monoisotopic (exact) mass is 318 g/mol. The van der Waals surface area contributed by atoms with E-state index in [0.717, 1.165) is 28.5 Å². The van der Waals surface area contributed by atoms with Crippen molar-refractivity contribution in [1.82, 2.24) is 15.3 Å². The number of carbonyl (C=O) groups excluding carboxylic acids is 1. The molecule has 2 aromatic rings. The fourth-order valence-corrected chi connectivity index (χ4v) is 3.84. The predicted molar refractivity (Wildman–Crippen MR) is 83.1 cm³/mol. The Balaban J connectivity index is 1.60. The normalized spacial score (nSPS) is 20.9. The van der Waals surface area contributed by atoms with Crippen LogP contribution in [0.1, 0.15) is 21.8 Å². The Kier molecular flexibility index (Phi) is 3.29. The van der Waals surface area contributed by atoms with Crippen molar-refractivity contribution in [2.24, 2.45) is 0 Å². The summed E-state index contributed by atoms with van der Waals surface area (Å²) in [5, 5.41) is 3.64. The van der Waals surface area contributed by atoms with Crippen LogP contribution in [0.5, 0.6) is 0 Å². The van der Waals surface area contributed by atoms with Crippen LogP contribution in [0.25, 0.3) is 10.6 Å². The summed E-state index contributed by atoms with van der Waals surface area (Å²) in [5.74, 6) is 0.753. The molecule has 4 heterocycles. The SMILES string of the molecule is O=C1NCCc2nc(-c3ccc(N4CC[C@H](F)C4)nc3)sc21. The number of fused-ring (bicyclic) bond motifs is 1. The number of pyridine rings is 1. The molecule has 0 unspecified atom stereocenters. The van der Waals surface area contributed by atoms with Crippen LogP contribution in [0.3, 0.4) is 0 Å². The Morgan fingerprint density at radius 1 is 1.41 bits per heavy atom. The second kappa shape index (κ2) is 5.31. The third-order valence-electron chi connectivity index (χ3n) is 4.00. The van der Waals surface area contributed by atoms with Gasteiger partial charge in [0.25, 0.3) is 5.91 Å². The fraction of sp³-hybridized carbons (Fsp3) is 0.400. The van der Waals surface area contributed by atoms with E-state index in [2.05, 4.69) is 15.3 Å². The minimum absolute atomic E-state index is 0.0411. The van der Waals surface area contributed by atoms with Gasteiger partial charge < -0.3 is 10.2 Å². The molecule has 114 valence electrons. The molecule has 0 aliphatic carbocycles. The van der Waals surface area contributed by atoms with Gasteiger partial charge in [-0.05, 0) is 18.6 Å². The highest BCUT2D eigenvalue weighted by atomic mass is 32.1. The van der Waals surface area contributed by atoms with E-state index in [1.54, 1.807) is 6.20 Å². The van der Waals surface area contributed by atoms with Gasteiger partial charge in [0.1, 0.15) is 21.9 Å². The maximum absolute atomic E-state index is 13.3. The summed E-state index contributed by atoms with van der Waals surface area (Å²) < 4.78 is 13.3. The maximum atomic E-state index is 13.3. The zero-order valence-electron chi connectivity index (χ0n) is 11.9. The summed E-state index contributed by atoms with van der Waals surface area (Å²) in [7, 11) is 0. The lowest BCUT2D eigenvalue weighted by molar-refractivity contribution is 0.0950. The van der Waals surface area contributed by atoms with E-state index < -0.39 is 6.17 Å². The predicted octanol–water partition coefficient (Wildman–Crippen LogP) is 2.04. The van der Waals surface area contributed by atoms with Gasteiger partial charge in [-0.25, -0.2) is 14.4 Å². The van der Waals surface area contributed by atoms with E-state index in [1.165, 1.54) is 11.3 Å². The van der Waals surface area contributed by atoms with Crippen molar-refractivity contribution in [2.75, 3.05) is 24.5 Å². The first kappa shape index (κ1) is 13.6. The van der Waals surface area contributed by atoms with Crippen LogP contribution in [0.2, 0.25) is 0 Å². The van der Waals surface area contributed by atoms with E-state index in [4.69, 9.17) is 0 Å². The van der Waals surface area contributed by atoms with Crippen LogP contribution in [0.15, 0.2) is 18.3 Å². The number of halogens is 1. The molecule has 1 fully saturated rings. The van der Waals surface area contributed by atoms with E-state index in [9.17, 15) is 9.18 Å². The topological polar surface area (TPSA) is 58.1 Å². The lowest BCUT2D eigenvalue weighted by Gasteiger charge is -2.15. The van der Waals surface area contributed by atoms with Gasteiger partial charge in [0.2, 0.25) is 0 Å². The number of rotatable bonds is 2. The largest absolute Gasteiger partial charge is 0.354 e. The van der Waals surface area contributed by atoms with Crippen molar-refractivity contribution in [3.05, 3.63) is 28.9 Å². The first-order chi connectivity index (χ1) is 10.7. The number of alkyl halides is 1. The van der Waals surface area contributed by atoms with Crippen molar-refractivity contribution in [2.45, 2.75) is 19.0 Å². The van der Waals surface area contributed by atoms with Crippen LogP contribution in [0, 0.1) is 0 Å². The van der Waals surface area contributed by atoms with Gasteiger partial charge >= 0.3 is 0 Å². The molecule has 5 nitrogen and oxygen atoms in total. The Morgan fingerprint density at radius 3 is 3.00 bits per heavy atom. The zero-order chi connectivity index (χ0) is 15.1. The van der Waals surface area contributed by atoms with Crippen LogP contribution < -0.4 is 10.2 Å². The lowest BCUT2D eigenvalue weighted by Crippen LogP contribution is -2.30. The average Bonchev–Trinajstić information content (AvgIpc) is 3.15. The van der Waals surface area contributed by atoms with Gasteiger partial charge in [-0.3, -0.25) is 4.79 Å². The van der Waals surface area contributed by atoms with Crippen molar-refractivity contribution >= 4 is 23.1 Å². The third kappa shape index (κ3) is 2.35. The summed E-state index contributed by atoms with van der Waals surface area (Å²) in [5.41, 5.74) is 1.76. The summed E-state index contributed by atoms with van der Waals surface area (Å²) in [6.45, 7) is 1.77. The van der Waals surface area contributed by atoms with Gasteiger partial charge in [-0.15, -0.1) is 11.3 Å². The third-order valence-corrected chi connectivity index (χ3v) is 5.15. The zero-order valence-corrected chi connectivity index (χ0v) is 12.7. The molecule has 0 spiro atoms. The van der Waals surface area contributed by atoms with Gasteiger partial charge in [-0.2, -0.15) is 0 Å². The van der Waals surface area contributed by atoms with Crippen molar-refractivity contribution < 1.29 is 9.18 Å². The number of anilines is 1. The van der Waals surface area contributed by atoms with Crippen LogP contribution in [0.4, 0.5) is 10.2 Å². The molecular weight excluding hydrogens is 303 g/mol. The van der Waals surface area contributed by atoms with E-state index in [0.29, 0.717) is 30.9 Å². The number of carbonyl (C=O) groups is 1. The summed E-state index contributed by atoms with van der Waals surface area (Å²) in [4.78, 5) is 23.4. The molecule has 1 N–H and O–H groups in total. The molecule has 2 aliphatic heterocycles. The number of hydrogen-bond donors (Lipinski definition) is 1. The van der Waals surface area contributed by atoms with Crippen LogP contribution in [-0.2, 0) is 6.42 Å². The molecule has 4 rings (SSSR count). The molecule has 0 bridgehead atoms. The highest BCUT2D eigenvalue weighted by molar-refractivity contribution is 7.17. The number of nitrogens with zero attached hydrogens (tertiary/aromatic N) is 3. The molecule has 1 amide bonds. The van der Waals surface area contributed by atoms with E-state index in [-0.39, 0.29) is 5.91 Å². The molecule has 0 aromatic carbocycles. The second-order valence-corrected chi connectivity index (χ2v) is 6.54. The lowest BCUT2D eigenvalue weighted by atomic mass is 10.2. The molecule has 1 saturated heterocycles. The number of hydrogen-bond acceptors (Lipinski definition) is 5. The molecule has 22 heavy (non-hydrogen) atoms. The summed E-state index contributed by atoms with van der Waals surface area (Å²) >= 11 is 1.40. The van der Waals surface area contributed by atoms with E-state index >= 15 is 0 Å². The maximum Gasteiger partial charge on any atom is 0.263 e. The number of amides is 1. The second-order valence-electron chi connectivity index (χ2n) is 5.54. The molecule has 1 atom stereocenters. The van der Waals surface area contributed by atoms with E-state index in [1.807, 2.05) is 17.0 Å². The van der Waals surface area contributed by atoms with Gasteiger partial charge in [0, 0.05) is 31.3 Å². The smallest absolute Gasteiger partial charge is 0.263 e. The first-order valence-electron chi connectivity index (χ1n) is 7.34. The molecule has 0 radical (unpaired) electrons. The average molecular weight is 318 g/mol. The van der Waals surface area contributed by atoms with Crippen LogP contribution in [-0.4, -0.2) is 41.7 Å². The van der Waals surface area contributed by atoms with Crippen LogP contribution >= 0.6 is 11.3 Å². The van der Waals surface area contributed by atoms with Gasteiger partial charge in [0.15, 0.2) is 0 Å². The Hall–Kier alpha value is -2.02. The summed E-state index contributed by atoms with van der Waals surface area (Å²) in [6.07, 6.45) is 2.33. The summed E-state index contributed by atoms with van der Waals surface area (Å²) in [6, 6.07) is 3.84. The molecule has 2 aromatic heterocycles. The minimum Gasteiger partial charge on any atom is -0.354 e. The Bertz CT molecular complexity index is 715. The highest BCUT2D eigenvalue weighted by Gasteiger charge is 2.24. The number of aromatic nitrogens is 2. The van der Waals surface area contributed by atoms with Crippen molar-refractivity contribution in [3.63, 3.8) is 0 Å². The van der Waals surface area contributed by atoms with Gasteiger partial charge in [-0.1, -0.05) is 0 Å². The standard InChI is InChI=1S/C15H15FN4OS/c16-10-4-6-20(8-10)12-2-1-9(7-18-12)15-19-11-3-5-17-14(21)13(11)22-15/h1-2,7,10H,3-6,8H2,(H,17,21)/t10-/m0/s1. The fourth-order valence-electron chi connectivity index (χ4n) is 2.82. The molecule has 0 saturated carbocycles. The van der Waals surface area contributed by atoms with Gasteiger partial charge in [0.05, 0.1) is 12.2 Å². The molecule has 2 aliphatic rings. The Morgan fingerprint density at radius 2 is 2.32 bits per heavy atom. The molecule has 7 heteroatoms. The minimum atomic E-state index is -0.759. The quantitative estimate of drug-likeness (QED) is 0.920.